The normalized spacial score (nSPS) is 17.2. The molecule has 0 aromatic carbocycles. The van der Waals surface area contributed by atoms with E-state index in [0.717, 1.165) is 35.4 Å². The van der Waals surface area contributed by atoms with Crippen LogP contribution in [0.4, 0.5) is 11.8 Å². The second-order valence-corrected chi connectivity index (χ2v) is 5.67. The van der Waals surface area contributed by atoms with Gasteiger partial charge in [-0.05, 0) is 30.7 Å². The van der Waals surface area contributed by atoms with Crippen molar-refractivity contribution in [3.63, 3.8) is 0 Å². The first kappa shape index (κ1) is 12.6. The molecule has 0 unspecified atom stereocenters. The molecule has 4 N–H and O–H groups in total. The van der Waals surface area contributed by atoms with Gasteiger partial charge in [0, 0.05) is 13.7 Å². The van der Waals surface area contributed by atoms with Crippen LogP contribution in [0.3, 0.4) is 0 Å². The number of nitrogen functional groups attached to an aromatic ring is 1. The predicted octanol–water partition coefficient (Wildman–Crippen LogP) is 1.96. The van der Waals surface area contributed by atoms with Crippen LogP contribution in [0, 0.1) is 0 Å². The van der Waals surface area contributed by atoms with Crippen LogP contribution in [0.2, 0.25) is 0 Å². The molecular weight excluding hydrogens is 262 g/mol. The highest BCUT2D eigenvalue weighted by molar-refractivity contribution is 7.16. The third-order valence-corrected chi connectivity index (χ3v) is 4.54. The van der Waals surface area contributed by atoms with Gasteiger partial charge in [-0.3, -0.25) is 5.43 Å². The summed E-state index contributed by atoms with van der Waals surface area (Å²) in [5.74, 6) is 6.64. The third-order valence-electron chi connectivity index (χ3n) is 3.73. The molecule has 19 heavy (non-hydrogen) atoms. The number of ether oxygens (including phenoxy) is 1. The summed E-state index contributed by atoms with van der Waals surface area (Å²) in [5, 5.41) is 6.40. The van der Waals surface area contributed by atoms with Crippen LogP contribution < -0.4 is 16.6 Å². The first-order valence-electron chi connectivity index (χ1n) is 6.27. The SMILES string of the molecule is COC1(CNc2nc(NN)nc3sccc23)CCC1. The minimum Gasteiger partial charge on any atom is -0.376 e. The Morgan fingerprint density at radius 2 is 2.32 bits per heavy atom. The second kappa shape index (κ2) is 4.92. The Balaban J connectivity index is 1.85. The zero-order valence-electron chi connectivity index (χ0n) is 10.8. The number of hydrogen-bond acceptors (Lipinski definition) is 7. The molecule has 2 aromatic rings. The average Bonchev–Trinajstić information content (AvgIpc) is 2.85. The molecule has 1 fully saturated rings. The summed E-state index contributed by atoms with van der Waals surface area (Å²) in [6.45, 7) is 0.759. The summed E-state index contributed by atoms with van der Waals surface area (Å²) >= 11 is 1.57. The monoisotopic (exact) mass is 279 g/mol. The number of aromatic nitrogens is 2. The highest BCUT2D eigenvalue weighted by atomic mass is 32.1. The van der Waals surface area contributed by atoms with E-state index < -0.39 is 0 Å². The van der Waals surface area contributed by atoms with Gasteiger partial charge in [0.1, 0.15) is 10.6 Å². The fourth-order valence-corrected chi connectivity index (χ4v) is 3.09. The molecule has 2 heterocycles. The van der Waals surface area contributed by atoms with Crippen molar-refractivity contribution in [3.05, 3.63) is 11.4 Å². The predicted molar refractivity (Wildman–Crippen MR) is 77.3 cm³/mol. The largest absolute Gasteiger partial charge is 0.376 e. The van der Waals surface area contributed by atoms with Gasteiger partial charge in [-0.1, -0.05) is 0 Å². The van der Waals surface area contributed by atoms with Gasteiger partial charge < -0.3 is 10.1 Å². The number of fused-ring (bicyclic) bond motifs is 1. The lowest BCUT2D eigenvalue weighted by Gasteiger charge is -2.40. The summed E-state index contributed by atoms with van der Waals surface area (Å²) in [7, 11) is 1.77. The molecule has 0 amide bonds. The fraction of sp³-hybridized carbons (Fsp3) is 0.500. The maximum absolute atomic E-state index is 5.60. The van der Waals surface area contributed by atoms with E-state index in [9.17, 15) is 0 Å². The number of rotatable bonds is 5. The second-order valence-electron chi connectivity index (χ2n) is 4.77. The lowest BCUT2D eigenvalue weighted by molar-refractivity contribution is -0.0601. The molecular formula is C12H17N5OS. The van der Waals surface area contributed by atoms with Crippen LogP contribution in [0.1, 0.15) is 19.3 Å². The van der Waals surface area contributed by atoms with E-state index in [2.05, 4.69) is 20.7 Å². The van der Waals surface area contributed by atoms with Crippen LogP contribution in [-0.2, 0) is 4.74 Å². The average molecular weight is 279 g/mol. The van der Waals surface area contributed by atoms with Gasteiger partial charge in [-0.15, -0.1) is 11.3 Å². The van der Waals surface area contributed by atoms with Crippen molar-refractivity contribution in [2.24, 2.45) is 5.84 Å². The van der Waals surface area contributed by atoms with Gasteiger partial charge in [-0.25, -0.2) is 10.8 Å². The Bertz CT molecular complexity index is 575. The zero-order chi connectivity index (χ0) is 13.3. The van der Waals surface area contributed by atoms with Crippen LogP contribution in [0.25, 0.3) is 10.2 Å². The molecule has 0 spiro atoms. The lowest BCUT2D eigenvalue weighted by Crippen LogP contribution is -2.45. The molecule has 1 aliphatic rings. The van der Waals surface area contributed by atoms with E-state index in [1.165, 1.54) is 6.42 Å². The number of anilines is 2. The molecule has 1 saturated carbocycles. The Morgan fingerprint density at radius 3 is 2.95 bits per heavy atom. The fourth-order valence-electron chi connectivity index (χ4n) is 2.32. The van der Waals surface area contributed by atoms with Crippen molar-refractivity contribution < 1.29 is 4.74 Å². The molecule has 0 atom stereocenters. The minimum absolute atomic E-state index is 0.0381. The topological polar surface area (TPSA) is 85.1 Å². The van der Waals surface area contributed by atoms with E-state index in [4.69, 9.17) is 10.6 Å². The van der Waals surface area contributed by atoms with Crippen LogP contribution in [0.5, 0.6) is 0 Å². The van der Waals surface area contributed by atoms with Crippen LogP contribution in [0.15, 0.2) is 11.4 Å². The quantitative estimate of drug-likeness (QED) is 0.573. The maximum Gasteiger partial charge on any atom is 0.240 e. The molecule has 3 rings (SSSR count). The van der Waals surface area contributed by atoms with E-state index in [-0.39, 0.29) is 5.60 Å². The standard InChI is InChI=1S/C12H17N5OS/c1-18-12(4-2-5-12)7-14-9-8-3-6-19-10(8)16-11(15-9)17-13/h3,6H,2,4-5,7,13H2,1H3,(H2,14,15,16,17). The molecule has 0 saturated heterocycles. The number of nitrogens with zero attached hydrogens (tertiary/aromatic N) is 2. The number of thiophene rings is 1. The number of hydrogen-bond donors (Lipinski definition) is 3. The smallest absolute Gasteiger partial charge is 0.240 e. The molecule has 0 bridgehead atoms. The van der Waals surface area contributed by atoms with Crippen molar-refractivity contribution in [1.82, 2.24) is 9.97 Å². The zero-order valence-corrected chi connectivity index (χ0v) is 11.6. The lowest BCUT2D eigenvalue weighted by atomic mass is 9.80. The highest BCUT2D eigenvalue weighted by Gasteiger charge is 2.36. The molecule has 102 valence electrons. The molecule has 6 nitrogen and oxygen atoms in total. The molecule has 1 aliphatic carbocycles. The summed E-state index contributed by atoms with van der Waals surface area (Å²) in [6, 6.07) is 2.02. The Hall–Kier alpha value is -1.44. The summed E-state index contributed by atoms with van der Waals surface area (Å²) in [6.07, 6.45) is 3.41. The Kier molecular flexibility index (Phi) is 3.26. The highest BCUT2D eigenvalue weighted by Crippen LogP contribution is 2.35. The van der Waals surface area contributed by atoms with Gasteiger partial charge in [0.2, 0.25) is 5.95 Å². The summed E-state index contributed by atoms with van der Waals surface area (Å²) < 4.78 is 5.60. The maximum atomic E-state index is 5.60. The van der Waals surface area contributed by atoms with Crippen molar-refractivity contribution in [3.8, 4) is 0 Å². The first-order valence-corrected chi connectivity index (χ1v) is 7.15. The number of nitrogens with one attached hydrogen (secondary N) is 2. The van der Waals surface area contributed by atoms with Crippen molar-refractivity contribution in [1.29, 1.82) is 0 Å². The van der Waals surface area contributed by atoms with Crippen LogP contribution >= 0.6 is 11.3 Å². The number of nitrogens with two attached hydrogens (primary N) is 1. The van der Waals surface area contributed by atoms with Crippen molar-refractivity contribution in [2.75, 3.05) is 24.4 Å². The summed E-state index contributed by atoms with van der Waals surface area (Å²) in [4.78, 5) is 9.62. The molecule has 2 aromatic heterocycles. The van der Waals surface area contributed by atoms with E-state index in [1.54, 1.807) is 18.4 Å². The van der Waals surface area contributed by atoms with Gasteiger partial charge in [0.15, 0.2) is 0 Å². The molecule has 0 radical (unpaired) electrons. The van der Waals surface area contributed by atoms with Crippen molar-refractivity contribution in [2.45, 2.75) is 24.9 Å². The first-order chi connectivity index (χ1) is 9.26. The van der Waals surface area contributed by atoms with E-state index >= 15 is 0 Å². The Labute approximate surface area is 115 Å². The summed E-state index contributed by atoms with van der Waals surface area (Å²) in [5.41, 5.74) is 2.46. The van der Waals surface area contributed by atoms with Gasteiger partial charge >= 0.3 is 0 Å². The third kappa shape index (κ3) is 2.24. The van der Waals surface area contributed by atoms with Gasteiger partial charge in [0.05, 0.1) is 11.0 Å². The van der Waals surface area contributed by atoms with Crippen molar-refractivity contribution >= 4 is 33.3 Å². The number of methoxy groups -OCH3 is 1. The van der Waals surface area contributed by atoms with Gasteiger partial charge in [0.25, 0.3) is 0 Å². The number of hydrazine groups is 1. The van der Waals surface area contributed by atoms with E-state index in [1.807, 2.05) is 11.4 Å². The molecule has 7 heteroatoms. The van der Waals surface area contributed by atoms with Crippen LogP contribution in [-0.4, -0.2) is 29.2 Å². The minimum atomic E-state index is -0.0381. The van der Waals surface area contributed by atoms with E-state index in [0.29, 0.717) is 5.95 Å². The Morgan fingerprint density at radius 1 is 1.47 bits per heavy atom. The molecule has 0 aliphatic heterocycles. The van der Waals surface area contributed by atoms with Gasteiger partial charge in [-0.2, -0.15) is 4.98 Å².